The van der Waals surface area contributed by atoms with E-state index >= 15 is 0 Å². The quantitative estimate of drug-likeness (QED) is 0.466. The molecule has 4 fully saturated rings. The van der Waals surface area contributed by atoms with Crippen LogP contribution in [0.3, 0.4) is 0 Å². The predicted octanol–water partition coefficient (Wildman–Crippen LogP) is 7.17. The molecule has 9 atom stereocenters. The van der Waals surface area contributed by atoms with Crippen molar-refractivity contribution in [2.24, 2.45) is 52.3 Å². The third-order valence-corrected chi connectivity index (χ3v) is 11.1. The van der Waals surface area contributed by atoms with Gasteiger partial charge in [-0.1, -0.05) is 60.8 Å². The summed E-state index contributed by atoms with van der Waals surface area (Å²) in [6.45, 7) is 15.1. The van der Waals surface area contributed by atoms with Gasteiger partial charge >= 0.3 is 0 Å². The van der Waals surface area contributed by atoms with Gasteiger partial charge in [0.05, 0.1) is 0 Å². The van der Waals surface area contributed by atoms with Crippen LogP contribution in [0.4, 0.5) is 0 Å². The summed E-state index contributed by atoms with van der Waals surface area (Å²) < 4.78 is 0. The number of fused-ring (bicyclic) bond motifs is 5. The highest BCUT2D eigenvalue weighted by molar-refractivity contribution is 5.77. The monoisotopic (exact) mass is 415 g/mol. The maximum absolute atomic E-state index is 12.5. The first-order valence-electron chi connectivity index (χ1n) is 13.3. The van der Waals surface area contributed by atoms with Crippen LogP contribution in [-0.2, 0) is 4.79 Å². The van der Waals surface area contributed by atoms with Crippen molar-refractivity contribution in [3.05, 3.63) is 0 Å². The van der Waals surface area contributed by atoms with Crippen LogP contribution < -0.4 is 0 Å². The summed E-state index contributed by atoms with van der Waals surface area (Å²) >= 11 is 0. The van der Waals surface area contributed by atoms with Gasteiger partial charge in [0.2, 0.25) is 5.91 Å². The second-order valence-electron chi connectivity index (χ2n) is 13.1. The van der Waals surface area contributed by atoms with Crippen LogP contribution in [-0.4, -0.2) is 23.9 Å². The number of hydrogen-bond donors (Lipinski definition) is 0. The van der Waals surface area contributed by atoms with Crippen LogP contribution in [0.5, 0.6) is 0 Å². The number of piperidine rings is 1. The van der Waals surface area contributed by atoms with Crippen molar-refractivity contribution in [3.8, 4) is 0 Å². The van der Waals surface area contributed by atoms with Crippen molar-refractivity contribution < 1.29 is 4.79 Å². The molecule has 0 radical (unpaired) electrons. The average molecular weight is 416 g/mol. The normalized spacial score (nSPS) is 47.1. The van der Waals surface area contributed by atoms with E-state index < -0.39 is 0 Å². The highest BCUT2D eigenvalue weighted by Gasteiger charge is 2.63. The Morgan fingerprint density at radius 1 is 1.00 bits per heavy atom. The molecule has 0 N–H and O–H groups in total. The Morgan fingerprint density at radius 2 is 1.70 bits per heavy atom. The first-order valence-corrected chi connectivity index (χ1v) is 13.3. The summed E-state index contributed by atoms with van der Waals surface area (Å²) in [6, 6.07) is 0.478. The summed E-state index contributed by atoms with van der Waals surface area (Å²) in [5.41, 5.74) is 0.911. The SMILES string of the molecule is CC(C)CCC[C@@H](C)[C@H]1CC[C@H]2[C@@H]3[C@@H](C)C[C@H]4N(C)C(=O)CC[C@]4(C)[C@H]3CC[C@]12C. The zero-order valence-corrected chi connectivity index (χ0v) is 21.0. The molecule has 172 valence electrons. The zero-order valence-electron chi connectivity index (χ0n) is 21.0. The minimum absolute atomic E-state index is 0.349. The van der Waals surface area contributed by atoms with E-state index in [0.29, 0.717) is 22.8 Å². The van der Waals surface area contributed by atoms with Gasteiger partial charge in [0.15, 0.2) is 0 Å². The molecule has 4 aliphatic rings. The van der Waals surface area contributed by atoms with Gasteiger partial charge in [-0.25, -0.2) is 0 Å². The molecule has 2 nitrogen and oxygen atoms in total. The maximum Gasteiger partial charge on any atom is 0.222 e. The Balaban J connectivity index is 1.53. The van der Waals surface area contributed by atoms with E-state index in [4.69, 9.17) is 0 Å². The molecule has 1 saturated heterocycles. The van der Waals surface area contributed by atoms with Gasteiger partial charge < -0.3 is 4.90 Å². The number of hydrogen-bond acceptors (Lipinski definition) is 1. The van der Waals surface area contributed by atoms with E-state index in [-0.39, 0.29) is 0 Å². The fraction of sp³-hybridized carbons (Fsp3) is 0.964. The van der Waals surface area contributed by atoms with Gasteiger partial charge in [0, 0.05) is 19.5 Å². The highest BCUT2D eigenvalue weighted by atomic mass is 16.2. The Kier molecular flexibility index (Phi) is 6.12. The van der Waals surface area contributed by atoms with E-state index in [1.165, 1.54) is 51.4 Å². The molecule has 0 spiro atoms. The molecule has 0 aromatic rings. The van der Waals surface area contributed by atoms with Gasteiger partial charge in [-0.2, -0.15) is 0 Å². The second-order valence-corrected chi connectivity index (χ2v) is 13.1. The van der Waals surface area contributed by atoms with Gasteiger partial charge in [-0.15, -0.1) is 0 Å². The molecular formula is C28H49NO. The number of carbonyl (C=O) groups excluding carboxylic acids is 1. The van der Waals surface area contributed by atoms with Crippen LogP contribution in [0.2, 0.25) is 0 Å². The van der Waals surface area contributed by atoms with Gasteiger partial charge in [-0.3, -0.25) is 4.79 Å². The van der Waals surface area contributed by atoms with Crippen molar-refractivity contribution in [2.45, 2.75) is 112 Å². The van der Waals surface area contributed by atoms with Crippen LogP contribution in [0.1, 0.15) is 106 Å². The Bertz CT molecular complexity index is 643. The van der Waals surface area contributed by atoms with Crippen molar-refractivity contribution >= 4 is 5.91 Å². The average Bonchev–Trinajstić information content (AvgIpc) is 3.03. The third kappa shape index (κ3) is 3.47. The molecule has 3 aliphatic carbocycles. The molecule has 30 heavy (non-hydrogen) atoms. The van der Waals surface area contributed by atoms with Crippen molar-refractivity contribution in [1.82, 2.24) is 4.90 Å². The Hall–Kier alpha value is -0.530. The first-order chi connectivity index (χ1) is 14.1. The van der Waals surface area contributed by atoms with Crippen molar-refractivity contribution in [1.29, 1.82) is 0 Å². The van der Waals surface area contributed by atoms with Crippen LogP contribution in [0, 0.1) is 52.3 Å². The molecule has 2 heteroatoms. The molecule has 3 saturated carbocycles. The molecule has 0 unspecified atom stereocenters. The molecule has 1 amide bonds. The molecular weight excluding hydrogens is 366 g/mol. The second kappa shape index (κ2) is 8.11. The lowest BCUT2D eigenvalue weighted by Gasteiger charge is -2.64. The number of likely N-dealkylation sites (tertiary alicyclic amines) is 1. The number of rotatable bonds is 5. The topological polar surface area (TPSA) is 20.3 Å². The smallest absolute Gasteiger partial charge is 0.222 e. The minimum atomic E-state index is 0.349. The van der Waals surface area contributed by atoms with E-state index in [1.807, 2.05) is 0 Å². The minimum Gasteiger partial charge on any atom is -0.342 e. The largest absolute Gasteiger partial charge is 0.342 e. The lowest BCUT2D eigenvalue weighted by molar-refractivity contribution is -0.167. The Morgan fingerprint density at radius 3 is 2.40 bits per heavy atom. The van der Waals surface area contributed by atoms with Crippen molar-refractivity contribution in [2.75, 3.05) is 7.05 Å². The maximum atomic E-state index is 12.5. The van der Waals surface area contributed by atoms with Gasteiger partial charge in [0.1, 0.15) is 0 Å². The van der Waals surface area contributed by atoms with Crippen molar-refractivity contribution in [3.63, 3.8) is 0 Å². The van der Waals surface area contributed by atoms with Gasteiger partial charge in [0.25, 0.3) is 0 Å². The summed E-state index contributed by atoms with van der Waals surface area (Å²) in [4.78, 5) is 14.6. The van der Waals surface area contributed by atoms with Crippen LogP contribution in [0.25, 0.3) is 0 Å². The fourth-order valence-corrected chi connectivity index (χ4v) is 9.49. The van der Waals surface area contributed by atoms with E-state index in [0.717, 1.165) is 54.3 Å². The lowest BCUT2D eigenvalue weighted by Crippen LogP contribution is -2.63. The van der Waals surface area contributed by atoms with Gasteiger partial charge in [-0.05, 0) is 90.8 Å². The Labute approximate surface area is 186 Å². The summed E-state index contributed by atoms with van der Waals surface area (Å²) in [5.74, 6) is 6.46. The molecule has 0 bridgehead atoms. The number of carbonyl (C=O) groups is 1. The standard InChI is InChI=1S/C28H49NO/c1-18(2)9-8-10-19(3)21-11-12-22-26-20(4)17-24-28(6,16-14-25(30)29(24)7)23(26)13-15-27(21,22)5/h18-24,26H,8-17H2,1-7H3/t19-,20+,21-,22+,23+,24-,26+,27-,28-/m1/s1. The molecule has 0 aromatic heterocycles. The van der Waals surface area contributed by atoms with E-state index in [2.05, 4.69) is 53.5 Å². The lowest BCUT2D eigenvalue weighted by atomic mass is 9.44. The summed E-state index contributed by atoms with van der Waals surface area (Å²) in [5, 5.41) is 0. The zero-order chi connectivity index (χ0) is 21.8. The fourth-order valence-electron chi connectivity index (χ4n) is 9.49. The predicted molar refractivity (Wildman–Crippen MR) is 126 cm³/mol. The van der Waals surface area contributed by atoms with E-state index in [9.17, 15) is 4.79 Å². The summed E-state index contributed by atoms with van der Waals surface area (Å²) in [6.07, 6.45) is 13.2. The molecule has 0 aromatic carbocycles. The number of amides is 1. The first kappa shape index (κ1) is 22.7. The van der Waals surface area contributed by atoms with Crippen LogP contribution >= 0.6 is 0 Å². The third-order valence-electron chi connectivity index (χ3n) is 11.1. The van der Waals surface area contributed by atoms with Crippen LogP contribution in [0.15, 0.2) is 0 Å². The molecule has 1 aliphatic heterocycles. The summed E-state index contributed by atoms with van der Waals surface area (Å²) in [7, 11) is 2.09. The number of nitrogens with zero attached hydrogens (tertiary/aromatic N) is 1. The molecule has 4 rings (SSSR count). The van der Waals surface area contributed by atoms with E-state index in [1.54, 1.807) is 0 Å². The molecule has 1 heterocycles. The highest BCUT2D eigenvalue weighted by Crippen LogP contribution is 2.68.